The van der Waals surface area contributed by atoms with Gasteiger partial charge in [-0.2, -0.15) is 0 Å². The maximum absolute atomic E-state index is 12.3. The van der Waals surface area contributed by atoms with Gasteiger partial charge in [0.15, 0.2) is 0 Å². The average Bonchev–Trinajstić information content (AvgIpc) is 2.46. The van der Waals surface area contributed by atoms with Crippen molar-refractivity contribution in [2.75, 3.05) is 24.2 Å². The molecule has 0 bridgehead atoms. The second kappa shape index (κ2) is 6.51. The van der Waals surface area contributed by atoms with E-state index < -0.39 is 10.0 Å². The molecule has 0 aliphatic carbocycles. The molecule has 0 aliphatic heterocycles. The van der Waals surface area contributed by atoms with E-state index in [-0.39, 0.29) is 10.8 Å². The first-order valence-electron chi connectivity index (χ1n) is 6.20. The molecule has 0 unspecified atom stereocenters. The van der Waals surface area contributed by atoms with Crippen LogP contribution in [0.15, 0.2) is 41.6 Å². The van der Waals surface area contributed by atoms with Crippen molar-refractivity contribution in [1.29, 1.82) is 0 Å². The lowest BCUT2D eigenvalue weighted by Crippen LogP contribution is -2.15. The molecule has 0 atom stereocenters. The van der Waals surface area contributed by atoms with Crippen LogP contribution in [0.1, 0.15) is 5.56 Å². The molecule has 0 spiro atoms. The van der Waals surface area contributed by atoms with Crippen LogP contribution in [0.3, 0.4) is 0 Å². The van der Waals surface area contributed by atoms with Crippen LogP contribution < -0.4 is 10.5 Å². The summed E-state index contributed by atoms with van der Waals surface area (Å²) in [5.41, 5.74) is 6.70. The highest BCUT2D eigenvalue weighted by molar-refractivity contribution is 7.92. The lowest BCUT2D eigenvalue weighted by molar-refractivity contribution is 0.202. The van der Waals surface area contributed by atoms with Gasteiger partial charge in [0.1, 0.15) is 4.90 Å². The summed E-state index contributed by atoms with van der Waals surface area (Å²) in [6, 6.07) is 7.14. The Balaban J connectivity index is 2.26. The number of para-hydroxylation sites is 1. The predicted molar refractivity (Wildman–Crippen MR) is 79.3 cm³/mol. The van der Waals surface area contributed by atoms with E-state index in [9.17, 15) is 8.42 Å². The number of rotatable bonds is 6. The van der Waals surface area contributed by atoms with Gasteiger partial charge in [-0.1, -0.05) is 18.2 Å². The summed E-state index contributed by atoms with van der Waals surface area (Å²) in [5.74, 6) is 0.0226. The van der Waals surface area contributed by atoms with Crippen LogP contribution in [-0.4, -0.2) is 32.1 Å². The molecule has 2 aromatic rings. The molecule has 3 N–H and O–H groups in total. The van der Waals surface area contributed by atoms with Gasteiger partial charge in [0.25, 0.3) is 10.0 Å². The molecular formula is C13H16N4O3S. The zero-order valence-corrected chi connectivity index (χ0v) is 12.3. The molecule has 21 heavy (non-hydrogen) atoms. The molecule has 0 fully saturated rings. The van der Waals surface area contributed by atoms with Crippen LogP contribution in [0.5, 0.6) is 0 Å². The quantitative estimate of drug-likeness (QED) is 0.826. The Hall–Kier alpha value is -2.19. The van der Waals surface area contributed by atoms with E-state index in [4.69, 9.17) is 10.5 Å². The first kappa shape index (κ1) is 15.2. The number of anilines is 2. The molecule has 1 aromatic heterocycles. The number of hydrogen-bond donors (Lipinski definition) is 2. The third-order valence-electron chi connectivity index (χ3n) is 2.80. The molecule has 112 valence electrons. The number of benzene rings is 1. The Kier molecular flexibility index (Phi) is 4.71. The molecule has 1 heterocycles. The van der Waals surface area contributed by atoms with E-state index in [0.29, 0.717) is 18.7 Å². The van der Waals surface area contributed by atoms with Gasteiger partial charge >= 0.3 is 0 Å². The van der Waals surface area contributed by atoms with Crippen molar-refractivity contribution in [3.8, 4) is 0 Å². The second-order valence-electron chi connectivity index (χ2n) is 4.28. The Bertz CT molecular complexity index is 702. The number of sulfonamides is 1. The largest absolute Gasteiger partial charge is 0.384 e. The molecule has 0 amide bonds. The number of nitrogens with two attached hydrogens (primary N) is 1. The van der Waals surface area contributed by atoms with Gasteiger partial charge in [0.05, 0.1) is 24.7 Å². The van der Waals surface area contributed by atoms with E-state index in [2.05, 4.69) is 14.7 Å². The van der Waals surface area contributed by atoms with Gasteiger partial charge in [-0.3, -0.25) is 4.72 Å². The monoisotopic (exact) mass is 308 g/mol. The van der Waals surface area contributed by atoms with Gasteiger partial charge in [-0.05, 0) is 18.1 Å². The summed E-state index contributed by atoms with van der Waals surface area (Å²) in [6.45, 7) is 0.504. The number of nitrogens with zero attached hydrogens (tertiary/aromatic N) is 2. The lowest BCUT2D eigenvalue weighted by Gasteiger charge is -2.12. The molecule has 0 aliphatic rings. The van der Waals surface area contributed by atoms with Crippen LogP contribution in [0.25, 0.3) is 0 Å². The summed E-state index contributed by atoms with van der Waals surface area (Å²) in [5, 5.41) is 0. The zero-order valence-electron chi connectivity index (χ0n) is 11.5. The Morgan fingerprint density at radius 2 is 1.90 bits per heavy atom. The molecule has 0 saturated heterocycles. The first-order chi connectivity index (χ1) is 10.0. The van der Waals surface area contributed by atoms with Crippen LogP contribution in [-0.2, 0) is 21.2 Å². The number of nitrogen functional groups attached to an aromatic ring is 1. The van der Waals surface area contributed by atoms with Crippen molar-refractivity contribution in [1.82, 2.24) is 9.97 Å². The number of nitrogens with one attached hydrogen (secondary N) is 1. The number of ether oxygens (including phenoxy) is 1. The lowest BCUT2D eigenvalue weighted by atomic mass is 10.1. The summed E-state index contributed by atoms with van der Waals surface area (Å²) in [4.78, 5) is 7.33. The third-order valence-corrected chi connectivity index (χ3v) is 4.12. The fourth-order valence-electron chi connectivity index (χ4n) is 1.72. The van der Waals surface area contributed by atoms with E-state index in [1.807, 2.05) is 12.1 Å². The molecule has 8 heteroatoms. The van der Waals surface area contributed by atoms with E-state index >= 15 is 0 Å². The maximum atomic E-state index is 12.3. The average molecular weight is 308 g/mol. The summed E-state index contributed by atoms with van der Waals surface area (Å²) in [6.07, 6.45) is 2.94. The van der Waals surface area contributed by atoms with Crippen LogP contribution in [0.2, 0.25) is 0 Å². The van der Waals surface area contributed by atoms with Crippen molar-refractivity contribution in [3.05, 3.63) is 42.2 Å². The maximum Gasteiger partial charge on any atom is 0.264 e. The molecular weight excluding hydrogens is 292 g/mol. The molecule has 7 nitrogen and oxygen atoms in total. The van der Waals surface area contributed by atoms with Crippen molar-refractivity contribution in [2.45, 2.75) is 11.3 Å². The Morgan fingerprint density at radius 3 is 2.57 bits per heavy atom. The zero-order chi connectivity index (χ0) is 15.3. The summed E-state index contributed by atoms with van der Waals surface area (Å²) < 4.78 is 32.1. The van der Waals surface area contributed by atoms with Crippen molar-refractivity contribution in [2.24, 2.45) is 0 Å². The van der Waals surface area contributed by atoms with E-state index in [1.165, 1.54) is 12.4 Å². The fourth-order valence-corrected chi connectivity index (χ4v) is 2.71. The summed E-state index contributed by atoms with van der Waals surface area (Å²) in [7, 11) is -2.15. The van der Waals surface area contributed by atoms with Crippen LogP contribution >= 0.6 is 0 Å². The highest BCUT2D eigenvalue weighted by Crippen LogP contribution is 2.20. The molecule has 2 rings (SSSR count). The first-order valence-corrected chi connectivity index (χ1v) is 7.68. The van der Waals surface area contributed by atoms with Crippen molar-refractivity contribution >= 4 is 21.7 Å². The topological polar surface area (TPSA) is 107 Å². The number of methoxy groups -OCH3 is 1. The molecule has 1 aromatic carbocycles. The van der Waals surface area contributed by atoms with Crippen LogP contribution in [0.4, 0.5) is 11.6 Å². The Labute approximate surface area is 123 Å². The summed E-state index contributed by atoms with van der Waals surface area (Å²) >= 11 is 0. The minimum atomic E-state index is -3.75. The van der Waals surface area contributed by atoms with Crippen LogP contribution in [0, 0.1) is 0 Å². The third kappa shape index (κ3) is 3.89. The Morgan fingerprint density at radius 1 is 1.24 bits per heavy atom. The molecule has 0 saturated carbocycles. The van der Waals surface area contributed by atoms with E-state index in [1.54, 1.807) is 19.2 Å². The van der Waals surface area contributed by atoms with Gasteiger partial charge in [-0.25, -0.2) is 18.4 Å². The van der Waals surface area contributed by atoms with Gasteiger partial charge in [0.2, 0.25) is 5.95 Å². The highest BCUT2D eigenvalue weighted by atomic mass is 32.2. The minimum Gasteiger partial charge on any atom is -0.384 e. The van der Waals surface area contributed by atoms with E-state index in [0.717, 1.165) is 5.56 Å². The fraction of sp³-hybridized carbons (Fsp3) is 0.231. The van der Waals surface area contributed by atoms with Gasteiger partial charge < -0.3 is 10.5 Å². The minimum absolute atomic E-state index is 0.0226. The number of hydrogen-bond acceptors (Lipinski definition) is 6. The SMILES string of the molecule is COCCc1ccccc1NS(=O)(=O)c1cnc(N)nc1. The van der Waals surface area contributed by atoms with Crippen molar-refractivity contribution in [3.63, 3.8) is 0 Å². The van der Waals surface area contributed by atoms with Gasteiger partial charge in [0, 0.05) is 7.11 Å². The second-order valence-corrected chi connectivity index (χ2v) is 5.96. The standard InChI is InChI=1S/C13H16N4O3S/c1-20-7-6-10-4-2-3-5-12(10)17-21(18,19)11-8-15-13(14)16-9-11/h2-5,8-9,17H,6-7H2,1H3,(H2,14,15,16). The highest BCUT2D eigenvalue weighted by Gasteiger charge is 2.16. The van der Waals surface area contributed by atoms with Gasteiger partial charge in [-0.15, -0.1) is 0 Å². The normalized spacial score (nSPS) is 11.3. The number of aromatic nitrogens is 2. The molecule has 0 radical (unpaired) electrons. The smallest absolute Gasteiger partial charge is 0.264 e. The van der Waals surface area contributed by atoms with Crippen molar-refractivity contribution < 1.29 is 13.2 Å². The predicted octanol–water partition coefficient (Wildman–Crippen LogP) is 1.05.